The number of nitrogens with zero attached hydrogens (tertiary/aromatic N) is 1. The molecule has 2 aromatic carbocycles. The fourth-order valence-corrected chi connectivity index (χ4v) is 3.22. The van der Waals surface area contributed by atoms with E-state index in [9.17, 15) is 9.59 Å². The Hall–Kier alpha value is -2.63. The van der Waals surface area contributed by atoms with Crippen molar-refractivity contribution in [2.24, 2.45) is 0 Å². The summed E-state index contributed by atoms with van der Waals surface area (Å²) < 4.78 is 5.67. The summed E-state index contributed by atoms with van der Waals surface area (Å²) in [6.45, 7) is 4.24. The van der Waals surface area contributed by atoms with Crippen molar-refractivity contribution in [1.82, 2.24) is 10.2 Å². The minimum atomic E-state index is -0.425. The number of halogens is 1. The average molecular weight is 399 g/mol. The van der Waals surface area contributed by atoms with Crippen LogP contribution in [0.25, 0.3) is 11.0 Å². The van der Waals surface area contributed by atoms with Crippen LogP contribution in [-0.4, -0.2) is 31.4 Å². The molecule has 0 spiro atoms. The van der Waals surface area contributed by atoms with E-state index in [1.807, 2.05) is 45.0 Å². The summed E-state index contributed by atoms with van der Waals surface area (Å²) >= 11 is 6.08. The van der Waals surface area contributed by atoms with Crippen LogP contribution >= 0.6 is 11.6 Å². The standard InChI is InChI=1S/C22H23ClN2O3/c1-13-5-7-15(8-6-13)18(25(3)4)12-24-22(27)21-11-19(26)16-10-17(23)14(2)9-20(16)28-21/h5-11,18H,12H2,1-4H3,(H,24,27)/t18-/m0/s1. The molecule has 1 amide bonds. The van der Waals surface area contributed by atoms with E-state index in [1.165, 1.54) is 11.6 Å². The van der Waals surface area contributed by atoms with Gasteiger partial charge in [-0.15, -0.1) is 0 Å². The van der Waals surface area contributed by atoms with E-state index < -0.39 is 5.91 Å². The molecule has 0 aliphatic rings. The van der Waals surface area contributed by atoms with Gasteiger partial charge in [-0.1, -0.05) is 41.4 Å². The van der Waals surface area contributed by atoms with Crippen molar-refractivity contribution < 1.29 is 9.21 Å². The molecule has 0 radical (unpaired) electrons. The second-order valence-electron chi connectivity index (χ2n) is 7.17. The zero-order chi connectivity index (χ0) is 20.4. The smallest absolute Gasteiger partial charge is 0.287 e. The zero-order valence-corrected chi connectivity index (χ0v) is 17.1. The third-order valence-electron chi connectivity index (χ3n) is 4.77. The SMILES string of the molecule is Cc1ccc([C@H](CNC(=O)c2cc(=O)c3cc(Cl)c(C)cc3o2)N(C)C)cc1. The van der Waals surface area contributed by atoms with Gasteiger partial charge in [-0.25, -0.2) is 0 Å². The van der Waals surface area contributed by atoms with Gasteiger partial charge in [-0.3, -0.25) is 9.59 Å². The maximum atomic E-state index is 12.6. The highest BCUT2D eigenvalue weighted by Crippen LogP contribution is 2.22. The van der Waals surface area contributed by atoms with Crippen molar-refractivity contribution in [2.45, 2.75) is 19.9 Å². The van der Waals surface area contributed by atoms with Crippen LogP contribution in [0.3, 0.4) is 0 Å². The first-order chi connectivity index (χ1) is 13.3. The molecule has 0 aliphatic heterocycles. The first kappa shape index (κ1) is 20.1. The molecular formula is C22H23ClN2O3. The molecular weight excluding hydrogens is 376 g/mol. The predicted molar refractivity (Wildman–Crippen MR) is 112 cm³/mol. The van der Waals surface area contributed by atoms with E-state index in [0.29, 0.717) is 22.5 Å². The van der Waals surface area contributed by atoms with Crippen LogP contribution in [0.4, 0.5) is 0 Å². The van der Waals surface area contributed by atoms with Gasteiger partial charge in [0.1, 0.15) is 5.58 Å². The second-order valence-corrected chi connectivity index (χ2v) is 7.58. The van der Waals surface area contributed by atoms with Gasteiger partial charge in [0, 0.05) is 17.6 Å². The fraction of sp³-hybridized carbons (Fsp3) is 0.273. The second kappa shape index (κ2) is 8.17. The minimum Gasteiger partial charge on any atom is -0.451 e. The van der Waals surface area contributed by atoms with Crippen molar-refractivity contribution in [2.75, 3.05) is 20.6 Å². The summed E-state index contributed by atoms with van der Waals surface area (Å²) in [5, 5.41) is 3.72. The Bertz CT molecular complexity index is 1070. The molecule has 0 fully saturated rings. The number of aryl methyl sites for hydroxylation is 2. The van der Waals surface area contributed by atoms with Crippen LogP contribution in [0.15, 0.2) is 51.7 Å². The van der Waals surface area contributed by atoms with Crippen LogP contribution in [0.2, 0.25) is 5.02 Å². The lowest BCUT2D eigenvalue weighted by Crippen LogP contribution is -2.34. The highest BCUT2D eigenvalue weighted by atomic mass is 35.5. The van der Waals surface area contributed by atoms with Crippen molar-refractivity contribution in [3.63, 3.8) is 0 Å². The molecule has 0 saturated carbocycles. The lowest BCUT2D eigenvalue weighted by Gasteiger charge is -2.25. The molecule has 28 heavy (non-hydrogen) atoms. The van der Waals surface area contributed by atoms with Crippen molar-refractivity contribution in [3.05, 3.63) is 80.2 Å². The van der Waals surface area contributed by atoms with Gasteiger partial charge in [0.25, 0.3) is 5.91 Å². The summed E-state index contributed by atoms with van der Waals surface area (Å²) in [6, 6.07) is 12.6. The number of carbonyl (C=O) groups is 1. The van der Waals surface area contributed by atoms with Gasteiger partial charge in [-0.05, 0) is 51.2 Å². The van der Waals surface area contributed by atoms with Gasteiger partial charge >= 0.3 is 0 Å². The van der Waals surface area contributed by atoms with Gasteiger partial charge in [0.15, 0.2) is 11.2 Å². The Kier molecular flexibility index (Phi) is 5.87. The molecule has 3 rings (SSSR count). The summed E-state index contributed by atoms with van der Waals surface area (Å²) in [5.41, 5.74) is 3.11. The first-order valence-corrected chi connectivity index (χ1v) is 9.39. The Morgan fingerprint density at radius 1 is 1.14 bits per heavy atom. The van der Waals surface area contributed by atoms with E-state index in [1.54, 1.807) is 12.1 Å². The molecule has 1 N–H and O–H groups in total. The first-order valence-electron chi connectivity index (χ1n) is 9.01. The van der Waals surface area contributed by atoms with E-state index in [0.717, 1.165) is 11.1 Å². The molecule has 146 valence electrons. The Labute approximate surface area is 168 Å². The number of rotatable bonds is 5. The summed E-state index contributed by atoms with van der Waals surface area (Å²) in [7, 11) is 3.92. The average Bonchev–Trinajstić information content (AvgIpc) is 2.64. The Morgan fingerprint density at radius 2 is 1.82 bits per heavy atom. The predicted octanol–water partition coefficient (Wildman–Crippen LogP) is 4.10. The van der Waals surface area contributed by atoms with Crippen LogP contribution in [0.5, 0.6) is 0 Å². The number of likely N-dealkylation sites (N-methyl/N-ethyl adjacent to an activating group) is 1. The summed E-state index contributed by atoms with van der Waals surface area (Å²) in [5.74, 6) is -0.439. The number of hydrogen-bond donors (Lipinski definition) is 1. The van der Waals surface area contributed by atoms with Crippen molar-refractivity contribution in [3.8, 4) is 0 Å². The van der Waals surface area contributed by atoms with E-state index in [4.69, 9.17) is 16.0 Å². The minimum absolute atomic E-state index is 0.00206. The van der Waals surface area contributed by atoms with Crippen LogP contribution < -0.4 is 10.7 Å². The number of hydrogen-bond acceptors (Lipinski definition) is 4. The maximum Gasteiger partial charge on any atom is 0.287 e. The zero-order valence-electron chi connectivity index (χ0n) is 16.4. The van der Waals surface area contributed by atoms with Gasteiger partial charge in [-0.2, -0.15) is 0 Å². The number of carbonyl (C=O) groups excluding carboxylic acids is 1. The number of fused-ring (bicyclic) bond motifs is 1. The monoisotopic (exact) mass is 398 g/mol. The highest BCUT2D eigenvalue weighted by molar-refractivity contribution is 6.32. The maximum absolute atomic E-state index is 12.6. The third-order valence-corrected chi connectivity index (χ3v) is 5.18. The van der Waals surface area contributed by atoms with Gasteiger partial charge in [0.05, 0.1) is 11.4 Å². The number of nitrogens with one attached hydrogen (secondary N) is 1. The molecule has 1 heterocycles. The normalized spacial score (nSPS) is 12.4. The lowest BCUT2D eigenvalue weighted by molar-refractivity contribution is 0.0914. The molecule has 0 unspecified atom stereocenters. The molecule has 1 atom stereocenters. The van der Waals surface area contributed by atoms with Crippen molar-refractivity contribution in [1.29, 1.82) is 0 Å². The van der Waals surface area contributed by atoms with E-state index >= 15 is 0 Å². The number of benzene rings is 2. The Balaban J connectivity index is 1.83. The topological polar surface area (TPSA) is 62.6 Å². The summed E-state index contributed by atoms with van der Waals surface area (Å²) in [6.07, 6.45) is 0. The van der Waals surface area contributed by atoms with E-state index in [-0.39, 0.29) is 17.2 Å². The van der Waals surface area contributed by atoms with Gasteiger partial charge in [0.2, 0.25) is 0 Å². The lowest BCUT2D eigenvalue weighted by atomic mass is 10.0. The molecule has 0 bridgehead atoms. The van der Waals surface area contributed by atoms with Gasteiger partial charge < -0.3 is 14.6 Å². The summed E-state index contributed by atoms with van der Waals surface area (Å²) in [4.78, 5) is 27.0. The molecule has 5 nitrogen and oxygen atoms in total. The molecule has 3 aromatic rings. The van der Waals surface area contributed by atoms with E-state index in [2.05, 4.69) is 17.4 Å². The molecule has 1 aromatic heterocycles. The largest absolute Gasteiger partial charge is 0.451 e. The third kappa shape index (κ3) is 4.26. The fourth-order valence-electron chi connectivity index (χ4n) is 3.05. The van der Waals surface area contributed by atoms with Crippen LogP contribution in [0.1, 0.15) is 33.3 Å². The quantitative estimate of drug-likeness (QED) is 0.703. The van der Waals surface area contributed by atoms with Crippen molar-refractivity contribution >= 4 is 28.5 Å². The van der Waals surface area contributed by atoms with Crippen LogP contribution in [0, 0.1) is 13.8 Å². The van der Waals surface area contributed by atoms with Crippen LogP contribution in [-0.2, 0) is 0 Å². The highest BCUT2D eigenvalue weighted by Gasteiger charge is 2.18. The number of amides is 1. The molecule has 6 heteroatoms. The Morgan fingerprint density at radius 3 is 2.46 bits per heavy atom. The molecule has 0 aliphatic carbocycles. The molecule has 0 saturated heterocycles.